The number of nitrogens with one attached hydrogen (secondary N) is 2. The van der Waals surface area contributed by atoms with E-state index in [2.05, 4.69) is 10.6 Å². The molecule has 1 aliphatic carbocycles. The van der Waals surface area contributed by atoms with Crippen molar-refractivity contribution in [1.29, 1.82) is 0 Å². The van der Waals surface area contributed by atoms with E-state index in [9.17, 15) is 18.7 Å². The number of aliphatic hydroxyl groups excluding tert-OH is 1. The third-order valence-corrected chi connectivity index (χ3v) is 3.04. The van der Waals surface area contributed by atoms with Gasteiger partial charge < -0.3 is 15.7 Å². The third-order valence-electron chi connectivity index (χ3n) is 3.04. The SMILES string of the molecule is O=C(NCC1CC1)NCC(O)c1c(F)cccc1F. The van der Waals surface area contributed by atoms with Crippen LogP contribution in [0.2, 0.25) is 0 Å². The molecule has 1 fully saturated rings. The summed E-state index contributed by atoms with van der Waals surface area (Å²) in [5.74, 6) is -1.11. The quantitative estimate of drug-likeness (QED) is 0.762. The first kappa shape index (κ1) is 13.7. The number of benzene rings is 1. The van der Waals surface area contributed by atoms with Gasteiger partial charge in [-0.2, -0.15) is 0 Å². The van der Waals surface area contributed by atoms with E-state index in [1.165, 1.54) is 6.07 Å². The molecule has 2 rings (SSSR count). The molecule has 1 saturated carbocycles. The number of aliphatic hydroxyl groups is 1. The molecule has 0 bridgehead atoms. The summed E-state index contributed by atoms with van der Waals surface area (Å²) in [6.07, 6.45) is 0.819. The minimum absolute atomic E-state index is 0.242. The number of rotatable bonds is 5. The van der Waals surface area contributed by atoms with Crippen LogP contribution in [0.5, 0.6) is 0 Å². The highest BCUT2D eigenvalue weighted by molar-refractivity contribution is 5.73. The van der Waals surface area contributed by atoms with Crippen molar-refractivity contribution in [3.8, 4) is 0 Å². The van der Waals surface area contributed by atoms with Gasteiger partial charge in [-0.1, -0.05) is 6.07 Å². The monoisotopic (exact) mass is 270 g/mol. The van der Waals surface area contributed by atoms with Crippen molar-refractivity contribution in [1.82, 2.24) is 10.6 Å². The fourth-order valence-electron chi connectivity index (χ4n) is 1.74. The second-order valence-corrected chi connectivity index (χ2v) is 4.69. The van der Waals surface area contributed by atoms with E-state index in [1.54, 1.807) is 0 Å². The number of carbonyl (C=O) groups excluding carboxylic acids is 1. The molecule has 1 atom stereocenters. The number of urea groups is 1. The fraction of sp³-hybridized carbons (Fsp3) is 0.462. The molecule has 1 unspecified atom stereocenters. The van der Waals surface area contributed by atoms with Crippen LogP contribution in [0.25, 0.3) is 0 Å². The Kier molecular flexibility index (Phi) is 4.31. The van der Waals surface area contributed by atoms with Gasteiger partial charge in [0.25, 0.3) is 0 Å². The molecule has 1 aliphatic rings. The summed E-state index contributed by atoms with van der Waals surface area (Å²) in [7, 11) is 0. The van der Waals surface area contributed by atoms with Crippen molar-refractivity contribution < 1.29 is 18.7 Å². The molecule has 1 aromatic carbocycles. The van der Waals surface area contributed by atoms with Crippen molar-refractivity contribution in [2.75, 3.05) is 13.1 Å². The largest absolute Gasteiger partial charge is 0.386 e. The van der Waals surface area contributed by atoms with Gasteiger partial charge >= 0.3 is 6.03 Å². The van der Waals surface area contributed by atoms with Gasteiger partial charge in [-0.05, 0) is 30.9 Å². The maximum absolute atomic E-state index is 13.4. The lowest BCUT2D eigenvalue weighted by atomic mass is 10.1. The maximum Gasteiger partial charge on any atom is 0.314 e. The Morgan fingerprint density at radius 2 is 1.95 bits per heavy atom. The molecule has 3 N–H and O–H groups in total. The second-order valence-electron chi connectivity index (χ2n) is 4.69. The van der Waals surface area contributed by atoms with Crippen molar-refractivity contribution in [3.05, 3.63) is 35.4 Å². The normalized spacial score (nSPS) is 15.9. The Morgan fingerprint density at radius 1 is 1.32 bits per heavy atom. The zero-order chi connectivity index (χ0) is 13.8. The Labute approximate surface area is 109 Å². The number of hydrogen-bond donors (Lipinski definition) is 3. The smallest absolute Gasteiger partial charge is 0.314 e. The Hall–Kier alpha value is -1.69. The maximum atomic E-state index is 13.4. The molecule has 0 radical (unpaired) electrons. The molecule has 0 aliphatic heterocycles. The molecule has 6 heteroatoms. The van der Waals surface area contributed by atoms with E-state index in [1.807, 2.05) is 0 Å². The highest BCUT2D eigenvalue weighted by Crippen LogP contribution is 2.27. The fourth-order valence-corrected chi connectivity index (χ4v) is 1.74. The summed E-state index contributed by atoms with van der Waals surface area (Å²) in [4.78, 5) is 11.4. The van der Waals surface area contributed by atoms with Crippen LogP contribution >= 0.6 is 0 Å². The van der Waals surface area contributed by atoms with Crippen LogP contribution in [0.1, 0.15) is 24.5 Å². The Bertz CT molecular complexity index is 444. The van der Waals surface area contributed by atoms with Gasteiger partial charge in [-0.3, -0.25) is 0 Å². The van der Waals surface area contributed by atoms with E-state index in [-0.39, 0.29) is 6.54 Å². The molecule has 2 amide bonds. The van der Waals surface area contributed by atoms with Crippen LogP contribution in [-0.2, 0) is 0 Å². The van der Waals surface area contributed by atoms with Crippen molar-refractivity contribution >= 4 is 6.03 Å². The lowest BCUT2D eigenvalue weighted by Gasteiger charge is -2.14. The summed E-state index contributed by atoms with van der Waals surface area (Å²) in [5.41, 5.74) is -0.426. The van der Waals surface area contributed by atoms with E-state index in [4.69, 9.17) is 0 Å². The molecule has 1 aromatic rings. The summed E-state index contributed by atoms with van der Waals surface area (Å²) >= 11 is 0. The summed E-state index contributed by atoms with van der Waals surface area (Å²) in [5, 5.41) is 14.7. The van der Waals surface area contributed by atoms with E-state index >= 15 is 0 Å². The first-order valence-electron chi connectivity index (χ1n) is 6.21. The van der Waals surface area contributed by atoms with Gasteiger partial charge in [0.05, 0.1) is 5.56 Å². The van der Waals surface area contributed by atoms with E-state index in [0.717, 1.165) is 25.0 Å². The van der Waals surface area contributed by atoms with E-state index in [0.29, 0.717) is 12.5 Å². The topological polar surface area (TPSA) is 61.4 Å². The lowest BCUT2D eigenvalue weighted by Crippen LogP contribution is -2.38. The molecule has 4 nitrogen and oxygen atoms in total. The van der Waals surface area contributed by atoms with Gasteiger partial charge in [0.15, 0.2) is 0 Å². The van der Waals surface area contributed by atoms with Crippen molar-refractivity contribution in [2.24, 2.45) is 5.92 Å². The number of carbonyl (C=O) groups is 1. The number of halogens is 2. The second kappa shape index (κ2) is 5.97. The van der Waals surface area contributed by atoms with E-state index < -0.39 is 29.3 Å². The molecule has 19 heavy (non-hydrogen) atoms. The van der Waals surface area contributed by atoms with Crippen LogP contribution in [0.4, 0.5) is 13.6 Å². The minimum Gasteiger partial charge on any atom is -0.386 e. The minimum atomic E-state index is -1.41. The van der Waals surface area contributed by atoms with Crippen LogP contribution in [0.15, 0.2) is 18.2 Å². The van der Waals surface area contributed by atoms with Gasteiger partial charge in [-0.25, -0.2) is 13.6 Å². The molecular weight excluding hydrogens is 254 g/mol. The van der Waals surface area contributed by atoms with Crippen LogP contribution in [-0.4, -0.2) is 24.2 Å². The highest BCUT2D eigenvalue weighted by atomic mass is 19.1. The molecule has 0 aromatic heterocycles. The number of hydrogen-bond acceptors (Lipinski definition) is 2. The van der Waals surface area contributed by atoms with Crippen molar-refractivity contribution in [3.63, 3.8) is 0 Å². The highest BCUT2D eigenvalue weighted by Gasteiger charge is 2.22. The summed E-state index contributed by atoms with van der Waals surface area (Å²) in [6.45, 7) is 0.352. The predicted molar refractivity (Wildman–Crippen MR) is 65.4 cm³/mol. The van der Waals surface area contributed by atoms with Gasteiger partial charge in [0.1, 0.15) is 17.7 Å². The van der Waals surface area contributed by atoms with Crippen LogP contribution < -0.4 is 10.6 Å². The average molecular weight is 270 g/mol. The number of amides is 2. The summed E-state index contributed by atoms with van der Waals surface area (Å²) in [6, 6.07) is 2.91. The third kappa shape index (κ3) is 3.89. The van der Waals surface area contributed by atoms with Crippen LogP contribution in [0, 0.1) is 17.6 Å². The average Bonchev–Trinajstić information content (AvgIpc) is 3.17. The first-order valence-corrected chi connectivity index (χ1v) is 6.21. The van der Waals surface area contributed by atoms with Crippen molar-refractivity contribution in [2.45, 2.75) is 18.9 Å². The zero-order valence-electron chi connectivity index (χ0n) is 10.3. The molecule has 0 heterocycles. The Morgan fingerprint density at radius 3 is 2.53 bits per heavy atom. The van der Waals surface area contributed by atoms with Gasteiger partial charge in [0.2, 0.25) is 0 Å². The molecular formula is C13H16F2N2O2. The molecule has 0 saturated heterocycles. The Balaban J connectivity index is 1.82. The predicted octanol–water partition coefficient (Wildman–Crippen LogP) is 1.71. The lowest BCUT2D eigenvalue weighted by molar-refractivity contribution is 0.164. The van der Waals surface area contributed by atoms with Gasteiger partial charge in [-0.15, -0.1) is 0 Å². The van der Waals surface area contributed by atoms with Gasteiger partial charge in [0, 0.05) is 13.1 Å². The summed E-state index contributed by atoms with van der Waals surface area (Å²) < 4.78 is 26.7. The van der Waals surface area contributed by atoms with Crippen LogP contribution in [0.3, 0.4) is 0 Å². The standard InChI is InChI=1S/C13H16F2N2O2/c14-9-2-1-3-10(15)12(9)11(18)7-17-13(19)16-6-8-4-5-8/h1-3,8,11,18H,4-7H2,(H2,16,17,19). The first-order chi connectivity index (χ1) is 9.08. The molecule has 0 spiro atoms. The molecule has 104 valence electrons. The zero-order valence-corrected chi connectivity index (χ0v) is 10.3.